The molecule has 0 amide bonds. The number of nitrogens with zero attached hydrogens (tertiary/aromatic N) is 1. The molecule has 1 aromatic carbocycles. The van der Waals surface area contributed by atoms with Crippen LogP contribution in [0.15, 0.2) is 16.9 Å². The first-order valence-corrected chi connectivity index (χ1v) is 5.91. The van der Waals surface area contributed by atoms with Gasteiger partial charge < -0.3 is 19.1 Å². The molecule has 2 aromatic rings. The Morgan fingerprint density at radius 1 is 1.20 bits per heavy atom. The fourth-order valence-corrected chi connectivity index (χ4v) is 2.29. The molecule has 0 fully saturated rings. The second-order valence-electron chi connectivity index (χ2n) is 4.39. The van der Waals surface area contributed by atoms with Gasteiger partial charge in [0.15, 0.2) is 11.5 Å². The number of ether oxygens (including phenoxy) is 2. The normalized spacial score (nSPS) is 10.6. The van der Waals surface area contributed by atoms with E-state index in [4.69, 9.17) is 9.47 Å². The molecule has 2 rings (SSSR count). The summed E-state index contributed by atoms with van der Waals surface area (Å²) in [5.41, 5.74) is 0.321. The summed E-state index contributed by atoms with van der Waals surface area (Å²) < 4.78 is 11.8. The van der Waals surface area contributed by atoms with Crippen LogP contribution >= 0.6 is 0 Å². The van der Waals surface area contributed by atoms with E-state index in [2.05, 4.69) is 0 Å². The fourth-order valence-electron chi connectivity index (χ4n) is 2.29. The molecule has 0 saturated carbocycles. The summed E-state index contributed by atoms with van der Waals surface area (Å²) in [6.45, 7) is 1.50. The van der Waals surface area contributed by atoms with Gasteiger partial charge in [0.1, 0.15) is 0 Å². The Morgan fingerprint density at radius 3 is 2.25 bits per heavy atom. The molecule has 106 valence electrons. The number of fused-ring (bicyclic) bond motifs is 1. The average Bonchev–Trinajstić information content (AvgIpc) is 2.43. The quantitative estimate of drug-likeness (QED) is 0.921. The highest BCUT2D eigenvalue weighted by Gasteiger charge is 2.19. The molecule has 1 heterocycles. The molecule has 20 heavy (non-hydrogen) atoms. The van der Waals surface area contributed by atoms with Crippen molar-refractivity contribution < 1.29 is 19.4 Å². The average molecular weight is 277 g/mol. The third kappa shape index (κ3) is 1.89. The summed E-state index contributed by atoms with van der Waals surface area (Å²) in [7, 11) is 4.54. The van der Waals surface area contributed by atoms with E-state index in [1.807, 2.05) is 0 Å². The first kappa shape index (κ1) is 13.9. The molecular formula is C14H15NO5. The van der Waals surface area contributed by atoms with Crippen molar-refractivity contribution in [1.82, 2.24) is 4.57 Å². The maximum atomic E-state index is 12.1. The lowest BCUT2D eigenvalue weighted by molar-refractivity contribution is 0.0698. The first-order chi connectivity index (χ1) is 9.42. The Hall–Kier alpha value is -2.50. The zero-order valence-corrected chi connectivity index (χ0v) is 11.7. The van der Waals surface area contributed by atoms with E-state index in [-0.39, 0.29) is 16.7 Å². The van der Waals surface area contributed by atoms with Crippen LogP contribution in [0.5, 0.6) is 11.5 Å². The largest absolute Gasteiger partial charge is 0.493 e. The van der Waals surface area contributed by atoms with Gasteiger partial charge in [-0.2, -0.15) is 0 Å². The van der Waals surface area contributed by atoms with Crippen LogP contribution in [0.25, 0.3) is 10.9 Å². The molecule has 0 saturated heterocycles. The standard InChI is InChI=1S/C14H15NO5/c1-7-12(14(17)18)8-5-10(19-3)11(20-4)6-9(8)15(2)13(7)16/h5-6H,1-4H3,(H,17,18). The highest BCUT2D eigenvalue weighted by molar-refractivity contribution is 6.04. The van der Waals surface area contributed by atoms with Gasteiger partial charge in [-0.25, -0.2) is 4.79 Å². The summed E-state index contributed by atoms with van der Waals surface area (Å²) >= 11 is 0. The Balaban J connectivity index is 3.05. The zero-order chi connectivity index (χ0) is 15.0. The number of benzene rings is 1. The van der Waals surface area contributed by atoms with Gasteiger partial charge in [-0.05, 0) is 13.0 Å². The van der Waals surface area contributed by atoms with Gasteiger partial charge in [0.05, 0.1) is 25.3 Å². The van der Waals surface area contributed by atoms with Gasteiger partial charge in [0.25, 0.3) is 5.56 Å². The molecule has 0 aliphatic carbocycles. The van der Waals surface area contributed by atoms with E-state index < -0.39 is 5.97 Å². The molecule has 0 unspecified atom stereocenters. The molecule has 0 bridgehead atoms. The van der Waals surface area contributed by atoms with Crippen molar-refractivity contribution in [3.05, 3.63) is 33.6 Å². The SMILES string of the molecule is COc1cc2c(C(=O)O)c(C)c(=O)n(C)c2cc1OC. The van der Waals surface area contributed by atoms with Crippen molar-refractivity contribution in [3.63, 3.8) is 0 Å². The van der Waals surface area contributed by atoms with Gasteiger partial charge in [-0.15, -0.1) is 0 Å². The Labute approximate surface area is 115 Å². The third-order valence-electron chi connectivity index (χ3n) is 3.35. The molecule has 0 atom stereocenters. The van der Waals surface area contributed by atoms with Gasteiger partial charge in [0.2, 0.25) is 0 Å². The van der Waals surface area contributed by atoms with Crippen LogP contribution in [0.4, 0.5) is 0 Å². The van der Waals surface area contributed by atoms with Gasteiger partial charge >= 0.3 is 5.97 Å². The number of aromatic carboxylic acids is 1. The van der Waals surface area contributed by atoms with E-state index in [1.165, 1.54) is 25.7 Å². The monoisotopic (exact) mass is 277 g/mol. The van der Waals surface area contributed by atoms with Crippen LogP contribution in [0.2, 0.25) is 0 Å². The van der Waals surface area contributed by atoms with E-state index in [0.717, 1.165) is 0 Å². The number of carboxylic acid groups (broad SMARTS) is 1. The summed E-state index contributed by atoms with van der Waals surface area (Å²) in [5.74, 6) is -0.284. The van der Waals surface area contributed by atoms with Crippen molar-refractivity contribution in [2.45, 2.75) is 6.92 Å². The fraction of sp³-hybridized carbons (Fsp3) is 0.286. The molecular weight excluding hydrogens is 262 g/mol. The van der Waals surface area contributed by atoms with Gasteiger partial charge in [-0.3, -0.25) is 4.79 Å². The van der Waals surface area contributed by atoms with E-state index in [9.17, 15) is 14.7 Å². The number of methoxy groups -OCH3 is 2. The summed E-state index contributed by atoms with van der Waals surface area (Å²) in [6, 6.07) is 3.17. The predicted molar refractivity (Wildman–Crippen MR) is 74.0 cm³/mol. The lowest BCUT2D eigenvalue weighted by Crippen LogP contribution is -2.23. The third-order valence-corrected chi connectivity index (χ3v) is 3.35. The molecule has 1 N–H and O–H groups in total. The molecule has 0 aliphatic rings. The molecule has 0 radical (unpaired) electrons. The Kier molecular flexibility index (Phi) is 3.40. The van der Waals surface area contributed by atoms with Crippen molar-refractivity contribution >= 4 is 16.9 Å². The van der Waals surface area contributed by atoms with Crippen LogP contribution < -0.4 is 15.0 Å². The molecule has 0 aliphatic heterocycles. The number of aryl methyl sites for hydroxylation is 1. The molecule has 6 heteroatoms. The van der Waals surface area contributed by atoms with Gasteiger partial charge in [0, 0.05) is 24.1 Å². The minimum atomic E-state index is -1.14. The number of carbonyl (C=O) groups is 1. The van der Waals surface area contributed by atoms with Crippen molar-refractivity contribution in [2.24, 2.45) is 7.05 Å². The van der Waals surface area contributed by atoms with Crippen LogP contribution in [-0.4, -0.2) is 29.9 Å². The smallest absolute Gasteiger partial charge is 0.336 e. The minimum absolute atomic E-state index is 0.0101. The predicted octanol–water partition coefficient (Wildman–Crippen LogP) is 1.56. The van der Waals surface area contributed by atoms with Crippen molar-refractivity contribution in [3.8, 4) is 11.5 Å². The number of carboxylic acids is 1. The van der Waals surface area contributed by atoms with E-state index in [1.54, 1.807) is 19.2 Å². The number of aromatic nitrogens is 1. The lowest BCUT2D eigenvalue weighted by Gasteiger charge is -2.14. The van der Waals surface area contributed by atoms with E-state index in [0.29, 0.717) is 22.4 Å². The number of rotatable bonds is 3. The Morgan fingerprint density at radius 2 is 1.75 bits per heavy atom. The number of hydrogen-bond acceptors (Lipinski definition) is 4. The topological polar surface area (TPSA) is 77.8 Å². The summed E-state index contributed by atoms with van der Waals surface area (Å²) in [6.07, 6.45) is 0. The van der Waals surface area contributed by atoms with Crippen molar-refractivity contribution in [1.29, 1.82) is 0 Å². The number of pyridine rings is 1. The zero-order valence-electron chi connectivity index (χ0n) is 11.7. The molecule has 0 spiro atoms. The molecule has 1 aromatic heterocycles. The second-order valence-corrected chi connectivity index (χ2v) is 4.39. The minimum Gasteiger partial charge on any atom is -0.493 e. The van der Waals surface area contributed by atoms with Crippen LogP contribution in [0, 0.1) is 6.92 Å². The maximum absolute atomic E-state index is 12.1. The van der Waals surface area contributed by atoms with E-state index >= 15 is 0 Å². The highest BCUT2D eigenvalue weighted by atomic mass is 16.5. The first-order valence-electron chi connectivity index (χ1n) is 5.91. The van der Waals surface area contributed by atoms with Gasteiger partial charge in [-0.1, -0.05) is 0 Å². The second kappa shape index (κ2) is 4.88. The summed E-state index contributed by atoms with van der Waals surface area (Å²) in [5, 5.41) is 9.79. The van der Waals surface area contributed by atoms with Crippen LogP contribution in [0.1, 0.15) is 15.9 Å². The van der Waals surface area contributed by atoms with Crippen LogP contribution in [0.3, 0.4) is 0 Å². The summed E-state index contributed by atoms with van der Waals surface area (Å²) in [4.78, 5) is 23.5. The highest BCUT2D eigenvalue weighted by Crippen LogP contribution is 2.33. The van der Waals surface area contributed by atoms with Crippen molar-refractivity contribution in [2.75, 3.05) is 14.2 Å². The van der Waals surface area contributed by atoms with Crippen LogP contribution in [-0.2, 0) is 7.05 Å². The lowest BCUT2D eigenvalue weighted by atomic mass is 10.0. The Bertz CT molecular complexity index is 760. The number of hydrogen-bond donors (Lipinski definition) is 1. The maximum Gasteiger partial charge on any atom is 0.336 e. The molecule has 6 nitrogen and oxygen atoms in total.